The number of halogens is 5. The molecule has 156 valence electrons. The molecule has 29 heavy (non-hydrogen) atoms. The van der Waals surface area contributed by atoms with Crippen molar-refractivity contribution in [2.75, 3.05) is 27.2 Å². The number of nitrogens with zero attached hydrogens (tertiary/aromatic N) is 1. The van der Waals surface area contributed by atoms with Crippen LogP contribution in [0.4, 0.5) is 17.3 Å². The standard InChI is InChI=1S/C20H21ClN2O.BF4/c1-23(2)12-6-11-22-18-14-20(15-7-4-3-5-8-15)24-19-10-9-16(21)13-17(18)19;2-1(3,4)5/h3-5,7-10,13-14H,6,11-12H2,1-2H3;/q;-1/p+1. The zero-order valence-corrected chi connectivity index (χ0v) is 16.9. The predicted molar refractivity (Wildman–Crippen MR) is 109 cm³/mol. The van der Waals surface area contributed by atoms with E-state index in [0.29, 0.717) is 5.02 Å². The Hall–Kier alpha value is -2.32. The highest BCUT2D eigenvalue weighted by atomic mass is 35.5. The molecule has 2 aromatic carbocycles. The molecule has 1 heterocycles. The molecule has 1 aromatic heterocycles. The summed E-state index contributed by atoms with van der Waals surface area (Å²) in [7, 11) is -1.83. The van der Waals surface area contributed by atoms with E-state index in [0.717, 1.165) is 47.2 Å². The minimum atomic E-state index is -6.00. The zero-order chi connectivity index (χ0) is 21.4. The Morgan fingerprint density at radius 2 is 1.66 bits per heavy atom. The molecule has 0 amide bonds. The summed E-state index contributed by atoms with van der Waals surface area (Å²) in [5.74, 6) is 0.848. The lowest BCUT2D eigenvalue weighted by Gasteiger charge is -2.05. The smallest absolute Gasteiger partial charge is 0.456 e. The van der Waals surface area contributed by atoms with Crippen LogP contribution in [-0.2, 0) is 0 Å². The van der Waals surface area contributed by atoms with Crippen LogP contribution in [-0.4, -0.2) is 39.3 Å². The SMILES string of the molecule is CN(C)CCC[NH+]=c1cc(-c2ccccc2)oc2ccc(Cl)cc12.F[B-](F)(F)F. The minimum Gasteiger partial charge on any atom is -0.456 e. The van der Waals surface area contributed by atoms with Gasteiger partial charge in [-0.1, -0.05) is 41.9 Å². The van der Waals surface area contributed by atoms with E-state index in [1.165, 1.54) is 0 Å². The first kappa shape index (κ1) is 23.0. The summed E-state index contributed by atoms with van der Waals surface area (Å²) in [5.41, 5.74) is 1.89. The Balaban J connectivity index is 0.000000537. The van der Waals surface area contributed by atoms with Crippen LogP contribution >= 0.6 is 11.6 Å². The molecule has 0 spiro atoms. The van der Waals surface area contributed by atoms with Crippen molar-refractivity contribution in [1.29, 1.82) is 0 Å². The number of nitrogens with one attached hydrogen (secondary N) is 1. The topological polar surface area (TPSA) is 30.4 Å². The van der Waals surface area contributed by atoms with Gasteiger partial charge in [0.2, 0.25) is 5.36 Å². The normalized spacial score (nSPS) is 12.2. The number of fused-ring (bicyclic) bond motifs is 1. The quantitative estimate of drug-likeness (QED) is 0.378. The van der Waals surface area contributed by atoms with E-state index in [1.54, 1.807) is 0 Å². The maximum absolute atomic E-state index is 9.75. The van der Waals surface area contributed by atoms with Crippen LogP contribution in [0, 0.1) is 0 Å². The summed E-state index contributed by atoms with van der Waals surface area (Å²) in [6.45, 7) is 1.95. The fraction of sp³-hybridized carbons (Fsp3) is 0.250. The first-order valence-corrected chi connectivity index (χ1v) is 9.39. The van der Waals surface area contributed by atoms with E-state index >= 15 is 0 Å². The lowest BCUT2D eigenvalue weighted by molar-refractivity contribution is -0.499. The van der Waals surface area contributed by atoms with Crippen molar-refractivity contribution in [3.05, 3.63) is 65.0 Å². The molecule has 1 N–H and O–H groups in total. The number of benzene rings is 2. The Kier molecular flexibility index (Phi) is 8.28. The average molecular weight is 429 g/mol. The maximum atomic E-state index is 9.75. The molecule has 0 atom stereocenters. The van der Waals surface area contributed by atoms with Crippen LogP contribution in [0.1, 0.15) is 6.42 Å². The molecule has 0 aliphatic carbocycles. The fourth-order valence-corrected chi connectivity index (χ4v) is 2.84. The van der Waals surface area contributed by atoms with Gasteiger partial charge in [-0.2, -0.15) is 0 Å². The highest BCUT2D eigenvalue weighted by Crippen LogP contribution is 2.23. The third kappa shape index (κ3) is 8.29. The first-order valence-electron chi connectivity index (χ1n) is 9.01. The first-order chi connectivity index (χ1) is 13.6. The molecule has 0 bridgehead atoms. The summed E-state index contributed by atoms with van der Waals surface area (Å²) in [6, 6.07) is 17.9. The van der Waals surface area contributed by atoms with Gasteiger partial charge in [0.1, 0.15) is 17.9 Å². The predicted octanol–water partition coefficient (Wildman–Crippen LogP) is 3.99. The number of rotatable bonds is 5. The summed E-state index contributed by atoms with van der Waals surface area (Å²) < 4.78 is 45.1. The van der Waals surface area contributed by atoms with Crippen LogP contribution in [0.2, 0.25) is 5.02 Å². The Labute approximate surface area is 171 Å². The summed E-state index contributed by atoms with van der Waals surface area (Å²) >= 11 is 6.17. The van der Waals surface area contributed by atoms with Crippen molar-refractivity contribution >= 4 is 29.8 Å². The van der Waals surface area contributed by atoms with Gasteiger partial charge < -0.3 is 26.6 Å². The van der Waals surface area contributed by atoms with Gasteiger partial charge in [0.25, 0.3) is 0 Å². The van der Waals surface area contributed by atoms with Gasteiger partial charge in [0.05, 0.1) is 11.5 Å². The molecular weight excluding hydrogens is 406 g/mol. The largest absolute Gasteiger partial charge is 0.673 e. The second-order valence-corrected chi connectivity index (χ2v) is 7.05. The van der Waals surface area contributed by atoms with Gasteiger partial charge in [0.15, 0.2) is 0 Å². The van der Waals surface area contributed by atoms with Gasteiger partial charge in [-0.15, -0.1) is 0 Å². The van der Waals surface area contributed by atoms with E-state index in [4.69, 9.17) is 16.0 Å². The molecule has 9 heteroatoms. The minimum absolute atomic E-state index is 0.710. The van der Waals surface area contributed by atoms with Gasteiger partial charge in [-0.05, 0) is 32.3 Å². The molecular formula is C20H22BClF4N2O. The molecule has 0 saturated heterocycles. The molecule has 0 unspecified atom stereocenters. The zero-order valence-electron chi connectivity index (χ0n) is 16.1. The third-order valence-corrected chi connectivity index (χ3v) is 4.12. The van der Waals surface area contributed by atoms with E-state index in [-0.39, 0.29) is 0 Å². The highest BCUT2D eigenvalue weighted by Gasteiger charge is 2.20. The fourth-order valence-electron chi connectivity index (χ4n) is 2.67. The van der Waals surface area contributed by atoms with Gasteiger partial charge in [-0.3, -0.25) is 0 Å². The molecule has 0 aliphatic rings. The number of hydrogen-bond donors (Lipinski definition) is 1. The van der Waals surface area contributed by atoms with Crippen LogP contribution < -0.4 is 10.3 Å². The number of hydrogen-bond acceptors (Lipinski definition) is 2. The van der Waals surface area contributed by atoms with Crippen molar-refractivity contribution in [3.63, 3.8) is 0 Å². The lowest BCUT2D eigenvalue weighted by atomic mass is 10.1. The Bertz CT molecular complexity index is 985. The summed E-state index contributed by atoms with van der Waals surface area (Å²) in [5, 5.41) is 2.77. The summed E-state index contributed by atoms with van der Waals surface area (Å²) in [6.07, 6.45) is 1.07. The summed E-state index contributed by atoms with van der Waals surface area (Å²) in [4.78, 5) is 5.72. The monoisotopic (exact) mass is 428 g/mol. The molecule has 0 saturated carbocycles. The van der Waals surface area contributed by atoms with Crippen molar-refractivity contribution in [1.82, 2.24) is 4.90 Å². The molecule has 3 rings (SSSR count). The molecule has 0 radical (unpaired) electrons. The second kappa shape index (κ2) is 10.5. The van der Waals surface area contributed by atoms with Crippen molar-refractivity contribution in [2.45, 2.75) is 6.42 Å². The van der Waals surface area contributed by atoms with Gasteiger partial charge >= 0.3 is 7.25 Å². The van der Waals surface area contributed by atoms with Gasteiger partial charge in [-0.25, -0.2) is 4.99 Å². The van der Waals surface area contributed by atoms with Crippen molar-refractivity contribution in [2.24, 2.45) is 0 Å². The molecule has 3 aromatic rings. The molecule has 3 nitrogen and oxygen atoms in total. The van der Waals surface area contributed by atoms with Crippen molar-refractivity contribution in [3.8, 4) is 11.3 Å². The molecule has 0 fully saturated rings. The van der Waals surface area contributed by atoms with Crippen LogP contribution in [0.5, 0.6) is 0 Å². The maximum Gasteiger partial charge on any atom is 0.673 e. The second-order valence-electron chi connectivity index (χ2n) is 6.61. The third-order valence-electron chi connectivity index (χ3n) is 3.88. The van der Waals surface area contributed by atoms with E-state index in [9.17, 15) is 17.3 Å². The van der Waals surface area contributed by atoms with Crippen molar-refractivity contribution < 1.29 is 26.7 Å². The Morgan fingerprint density at radius 1 is 1.00 bits per heavy atom. The van der Waals surface area contributed by atoms with Crippen LogP contribution in [0.25, 0.3) is 22.3 Å². The van der Waals surface area contributed by atoms with E-state index < -0.39 is 7.25 Å². The van der Waals surface area contributed by atoms with E-state index in [2.05, 4.69) is 42.2 Å². The Morgan fingerprint density at radius 3 is 2.28 bits per heavy atom. The van der Waals surface area contributed by atoms with Crippen LogP contribution in [0.15, 0.2) is 59.0 Å². The lowest BCUT2D eigenvalue weighted by Crippen LogP contribution is -2.77. The van der Waals surface area contributed by atoms with Gasteiger partial charge in [0, 0.05) is 23.6 Å². The highest BCUT2D eigenvalue weighted by molar-refractivity contribution is 6.50. The molecule has 0 aliphatic heterocycles. The average Bonchev–Trinajstić information content (AvgIpc) is 2.64. The van der Waals surface area contributed by atoms with E-state index in [1.807, 2.05) is 36.4 Å². The van der Waals surface area contributed by atoms with Crippen LogP contribution in [0.3, 0.4) is 0 Å².